The molecule has 3 heteroatoms. The average Bonchev–Trinajstić information content (AvgIpc) is 3.16. The minimum Gasteiger partial charge on any atom is -0.497 e. The van der Waals surface area contributed by atoms with E-state index in [2.05, 4.69) is 61.3 Å². The molecule has 0 aliphatic heterocycles. The maximum absolute atomic E-state index is 5.30. The van der Waals surface area contributed by atoms with Gasteiger partial charge in [0.1, 0.15) is 11.6 Å². The molecule has 0 fully saturated rings. The molecule has 0 spiro atoms. The number of benzene rings is 3. The zero-order valence-corrected chi connectivity index (χ0v) is 15.8. The Bertz CT molecular complexity index is 1060. The van der Waals surface area contributed by atoms with Crippen molar-refractivity contribution in [1.29, 1.82) is 0 Å². The van der Waals surface area contributed by atoms with Crippen molar-refractivity contribution < 1.29 is 4.74 Å². The van der Waals surface area contributed by atoms with Crippen molar-refractivity contribution in [3.05, 3.63) is 83.9 Å². The number of rotatable bonds is 4. The van der Waals surface area contributed by atoms with Crippen LogP contribution in [-0.2, 0) is 0 Å². The van der Waals surface area contributed by atoms with Gasteiger partial charge in [0, 0.05) is 16.7 Å². The first kappa shape index (κ1) is 17.1. The summed E-state index contributed by atoms with van der Waals surface area (Å²) in [5.41, 5.74) is 7.70. The quantitative estimate of drug-likeness (QED) is 0.485. The lowest BCUT2D eigenvalue weighted by molar-refractivity contribution is 0.415. The Morgan fingerprint density at radius 2 is 1.56 bits per heavy atom. The van der Waals surface area contributed by atoms with Crippen LogP contribution in [0.25, 0.3) is 33.9 Å². The Labute approximate surface area is 159 Å². The van der Waals surface area contributed by atoms with Crippen LogP contribution < -0.4 is 4.74 Å². The van der Waals surface area contributed by atoms with Gasteiger partial charge >= 0.3 is 0 Å². The molecule has 1 aromatic heterocycles. The molecule has 0 aliphatic rings. The molecule has 3 nitrogen and oxygen atoms in total. The summed E-state index contributed by atoms with van der Waals surface area (Å²) in [6.07, 6.45) is 0. The number of ether oxygens (including phenoxy) is 1. The van der Waals surface area contributed by atoms with E-state index in [-0.39, 0.29) is 0 Å². The van der Waals surface area contributed by atoms with Crippen molar-refractivity contribution in [2.24, 2.45) is 0 Å². The van der Waals surface area contributed by atoms with Gasteiger partial charge in [-0.2, -0.15) is 0 Å². The normalized spacial score (nSPS) is 10.8. The van der Waals surface area contributed by atoms with Gasteiger partial charge in [-0.25, -0.2) is 4.98 Å². The number of hydrogen-bond acceptors (Lipinski definition) is 2. The summed E-state index contributed by atoms with van der Waals surface area (Å²) in [7, 11) is 1.68. The van der Waals surface area contributed by atoms with Crippen molar-refractivity contribution in [2.45, 2.75) is 13.8 Å². The fraction of sp³-hybridized carbons (Fsp3) is 0.125. The number of H-pyrrole nitrogens is 1. The number of aromatic nitrogens is 2. The third kappa shape index (κ3) is 3.36. The maximum Gasteiger partial charge on any atom is 0.138 e. The van der Waals surface area contributed by atoms with Gasteiger partial charge in [0.05, 0.1) is 18.5 Å². The molecular formula is C24H22N2O. The van der Waals surface area contributed by atoms with E-state index in [0.29, 0.717) is 0 Å². The third-order valence-corrected chi connectivity index (χ3v) is 4.78. The van der Waals surface area contributed by atoms with Gasteiger partial charge in [-0.3, -0.25) is 0 Å². The largest absolute Gasteiger partial charge is 0.497 e. The Kier molecular flexibility index (Phi) is 4.51. The highest BCUT2D eigenvalue weighted by Gasteiger charge is 2.16. The van der Waals surface area contributed by atoms with Crippen LogP contribution in [0.3, 0.4) is 0 Å². The van der Waals surface area contributed by atoms with Crippen molar-refractivity contribution in [2.75, 3.05) is 7.11 Å². The molecule has 1 heterocycles. The van der Waals surface area contributed by atoms with Gasteiger partial charge < -0.3 is 9.72 Å². The highest BCUT2D eigenvalue weighted by Crippen LogP contribution is 2.34. The zero-order valence-electron chi connectivity index (χ0n) is 15.8. The fourth-order valence-corrected chi connectivity index (χ4v) is 3.26. The molecule has 4 aromatic rings. The van der Waals surface area contributed by atoms with Crippen molar-refractivity contribution in [3.8, 4) is 39.7 Å². The molecule has 3 aromatic carbocycles. The first-order valence-electron chi connectivity index (χ1n) is 9.03. The fourth-order valence-electron chi connectivity index (χ4n) is 3.26. The average molecular weight is 354 g/mol. The number of methoxy groups -OCH3 is 1. The van der Waals surface area contributed by atoms with Crippen molar-refractivity contribution >= 4 is 0 Å². The molecule has 0 saturated heterocycles. The SMILES string of the molecule is COc1ccc(-c2[nH]c(-c3cc(C)ccc3C)nc2-c2ccccc2)cc1. The highest BCUT2D eigenvalue weighted by atomic mass is 16.5. The molecule has 0 bridgehead atoms. The number of aryl methyl sites for hydroxylation is 2. The summed E-state index contributed by atoms with van der Waals surface area (Å²) in [6.45, 7) is 4.22. The zero-order chi connectivity index (χ0) is 18.8. The minimum atomic E-state index is 0.842. The highest BCUT2D eigenvalue weighted by molar-refractivity contribution is 5.81. The number of hydrogen-bond donors (Lipinski definition) is 1. The molecule has 27 heavy (non-hydrogen) atoms. The standard InChI is InChI=1S/C24H22N2O/c1-16-9-10-17(2)21(15-16)24-25-22(18-7-5-4-6-8-18)23(26-24)19-11-13-20(27-3)14-12-19/h4-15H,1-3H3,(H,25,26). The second-order valence-corrected chi connectivity index (χ2v) is 6.72. The summed E-state index contributed by atoms with van der Waals surface area (Å²) in [6, 6.07) is 24.8. The molecule has 0 amide bonds. The van der Waals surface area contributed by atoms with E-state index in [1.807, 2.05) is 30.3 Å². The van der Waals surface area contributed by atoms with Crippen LogP contribution in [0.2, 0.25) is 0 Å². The van der Waals surface area contributed by atoms with Gasteiger partial charge in [0.2, 0.25) is 0 Å². The monoisotopic (exact) mass is 354 g/mol. The van der Waals surface area contributed by atoms with Crippen LogP contribution in [0.5, 0.6) is 5.75 Å². The van der Waals surface area contributed by atoms with E-state index in [1.54, 1.807) is 7.11 Å². The third-order valence-electron chi connectivity index (χ3n) is 4.78. The van der Waals surface area contributed by atoms with Gasteiger partial charge in [0.25, 0.3) is 0 Å². The van der Waals surface area contributed by atoms with E-state index < -0.39 is 0 Å². The number of aromatic amines is 1. The lowest BCUT2D eigenvalue weighted by Crippen LogP contribution is -1.87. The van der Waals surface area contributed by atoms with Gasteiger partial charge in [-0.05, 0) is 49.7 Å². The number of nitrogens with one attached hydrogen (secondary N) is 1. The van der Waals surface area contributed by atoms with E-state index in [4.69, 9.17) is 9.72 Å². The van der Waals surface area contributed by atoms with Crippen LogP contribution >= 0.6 is 0 Å². The first-order valence-corrected chi connectivity index (χ1v) is 9.03. The van der Waals surface area contributed by atoms with Crippen molar-refractivity contribution in [3.63, 3.8) is 0 Å². The molecule has 0 atom stereocenters. The first-order chi connectivity index (χ1) is 13.2. The molecule has 0 radical (unpaired) electrons. The second-order valence-electron chi connectivity index (χ2n) is 6.72. The van der Waals surface area contributed by atoms with E-state index >= 15 is 0 Å². The van der Waals surface area contributed by atoms with Crippen LogP contribution in [0.15, 0.2) is 72.8 Å². The molecule has 0 aliphatic carbocycles. The number of imidazole rings is 1. The van der Waals surface area contributed by atoms with E-state index in [1.165, 1.54) is 11.1 Å². The molecule has 1 N–H and O–H groups in total. The summed E-state index contributed by atoms with van der Waals surface area (Å²) >= 11 is 0. The molecule has 0 unspecified atom stereocenters. The smallest absolute Gasteiger partial charge is 0.138 e. The predicted octanol–water partition coefficient (Wildman–Crippen LogP) is 6.04. The molecule has 0 saturated carbocycles. The lowest BCUT2D eigenvalue weighted by Gasteiger charge is -2.05. The summed E-state index contributed by atoms with van der Waals surface area (Å²) in [5, 5.41) is 0. The summed E-state index contributed by atoms with van der Waals surface area (Å²) in [5.74, 6) is 1.73. The minimum absolute atomic E-state index is 0.842. The second kappa shape index (κ2) is 7.12. The van der Waals surface area contributed by atoms with Crippen LogP contribution in [0.4, 0.5) is 0 Å². The van der Waals surface area contributed by atoms with Crippen molar-refractivity contribution in [1.82, 2.24) is 9.97 Å². The molecule has 134 valence electrons. The topological polar surface area (TPSA) is 37.9 Å². The Morgan fingerprint density at radius 1 is 0.815 bits per heavy atom. The predicted molar refractivity (Wildman–Crippen MR) is 111 cm³/mol. The van der Waals surface area contributed by atoms with E-state index in [9.17, 15) is 0 Å². The number of nitrogens with zero attached hydrogens (tertiary/aromatic N) is 1. The summed E-state index contributed by atoms with van der Waals surface area (Å²) in [4.78, 5) is 8.55. The van der Waals surface area contributed by atoms with Gasteiger partial charge in [-0.15, -0.1) is 0 Å². The Balaban J connectivity index is 1.90. The molecule has 4 rings (SSSR count). The Morgan fingerprint density at radius 3 is 2.26 bits per heavy atom. The van der Waals surface area contributed by atoms with Gasteiger partial charge in [-0.1, -0.05) is 48.0 Å². The van der Waals surface area contributed by atoms with Gasteiger partial charge in [0.15, 0.2) is 0 Å². The molecular weight excluding hydrogens is 332 g/mol. The van der Waals surface area contributed by atoms with Crippen LogP contribution in [-0.4, -0.2) is 17.1 Å². The van der Waals surface area contributed by atoms with Crippen LogP contribution in [0.1, 0.15) is 11.1 Å². The maximum atomic E-state index is 5.30. The summed E-state index contributed by atoms with van der Waals surface area (Å²) < 4.78 is 5.30. The lowest BCUT2D eigenvalue weighted by atomic mass is 10.1. The van der Waals surface area contributed by atoms with E-state index in [0.717, 1.165) is 39.7 Å². The van der Waals surface area contributed by atoms with Crippen LogP contribution in [0, 0.1) is 13.8 Å². The Hall–Kier alpha value is -3.33.